The van der Waals surface area contributed by atoms with Gasteiger partial charge in [0, 0.05) is 19.6 Å². The molecule has 5 heteroatoms. The van der Waals surface area contributed by atoms with E-state index in [-0.39, 0.29) is 0 Å². The molecular formula is C11H22N4S. The van der Waals surface area contributed by atoms with E-state index >= 15 is 0 Å². The fraction of sp³-hybridized carbons (Fsp3) is 0.818. The molecule has 1 aromatic rings. The molecule has 0 bridgehead atoms. The molecule has 1 heterocycles. The number of nitrogens with zero attached hydrogens (tertiary/aromatic N) is 3. The summed E-state index contributed by atoms with van der Waals surface area (Å²) in [4.78, 5) is 3.61. The van der Waals surface area contributed by atoms with Gasteiger partial charge in [0.05, 0.1) is 10.6 Å². The van der Waals surface area contributed by atoms with Crippen LogP contribution in [-0.4, -0.2) is 41.2 Å². The van der Waals surface area contributed by atoms with Crippen molar-refractivity contribution in [1.82, 2.24) is 19.8 Å². The number of hydrogen-bond donors (Lipinski definition) is 1. The van der Waals surface area contributed by atoms with Crippen LogP contribution in [-0.2, 0) is 6.54 Å². The highest BCUT2D eigenvalue weighted by atomic mass is 32.1. The van der Waals surface area contributed by atoms with Crippen molar-refractivity contribution in [3.63, 3.8) is 0 Å². The Hall–Kier alpha value is -0.520. The van der Waals surface area contributed by atoms with Crippen molar-refractivity contribution in [3.8, 4) is 0 Å². The second kappa shape index (κ2) is 6.93. The SMILES string of the molecule is CCNCCN(C)Cc1snnc1C(C)C. The van der Waals surface area contributed by atoms with Gasteiger partial charge in [0.25, 0.3) is 0 Å². The predicted octanol–water partition coefficient (Wildman–Crippen LogP) is 1.70. The van der Waals surface area contributed by atoms with Crippen molar-refractivity contribution in [2.24, 2.45) is 0 Å². The van der Waals surface area contributed by atoms with Crippen LogP contribution >= 0.6 is 11.5 Å². The zero-order valence-electron chi connectivity index (χ0n) is 10.7. The van der Waals surface area contributed by atoms with Crippen LogP contribution in [0.25, 0.3) is 0 Å². The number of likely N-dealkylation sites (N-methyl/N-ethyl adjacent to an activating group) is 2. The van der Waals surface area contributed by atoms with E-state index in [2.05, 4.69) is 47.6 Å². The lowest BCUT2D eigenvalue weighted by atomic mass is 10.1. The molecule has 1 rings (SSSR count). The summed E-state index contributed by atoms with van der Waals surface area (Å²) >= 11 is 1.52. The van der Waals surface area contributed by atoms with Gasteiger partial charge in [-0.2, -0.15) is 0 Å². The second-order valence-electron chi connectivity index (χ2n) is 4.33. The Labute approximate surface area is 102 Å². The minimum atomic E-state index is 0.468. The molecule has 0 fully saturated rings. The van der Waals surface area contributed by atoms with Gasteiger partial charge >= 0.3 is 0 Å². The smallest absolute Gasteiger partial charge is 0.0826 e. The highest BCUT2D eigenvalue weighted by Crippen LogP contribution is 2.20. The highest BCUT2D eigenvalue weighted by Gasteiger charge is 2.12. The summed E-state index contributed by atoms with van der Waals surface area (Å²) in [5, 5.41) is 7.52. The van der Waals surface area contributed by atoms with E-state index < -0.39 is 0 Å². The number of nitrogens with one attached hydrogen (secondary N) is 1. The lowest BCUT2D eigenvalue weighted by molar-refractivity contribution is 0.327. The number of rotatable bonds is 7. The maximum Gasteiger partial charge on any atom is 0.0826 e. The Morgan fingerprint density at radius 2 is 2.19 bits per heavy atom. The van der Waals surface area contributed by atoms with Gasteiger partial charge in [-0.1, -0.05) is 25.3 Å². The molecule has 0 atom stereocenters. The predicted molar refractivity (Wildman–Crippen MR) is 68.9 cm³/mol. The van der Waals surface area contributed by atoms with E-state index in [0.717, 1.165) is 31.9 Å². The van der Waals surface area contributed by atoms with E-state index in [1.165, 1.54) is 16.4 Å². The molecule has 1 aromatic heterocycles. The second-order valence-corrected chi connectivity index (χ2v) is 5.17. The van der Waals surface area contributed by atoms with Gasteiger partial charge < -0.3 is 5.32 Å². The summed E-state index contributed by atoms with van der Waals surface area (Å²) in [6, 6.07) is 0. The summed E-state index contributed by atoms with van der Waals surface area (Å²) in [6.45, 7) is 10.5. The molecule has 0 saturated carbocycles. The van der Waals surface area contributed by atoms with Gasteiger partial charge in [-0.05, 0) is 31.0 Å². The van der Waals surface area contributed by atoms with Crippen molar-refractivity contribution in [2.45, 2.75) is 33.2 Å². The molecule has 92 valence electrons. The zero-order chi connectivity index (χ0) is 12.0. The number of hydrogen-bond acceptors (Lipinski definition) is 5. The van der Waals surface area contributed by atoms with Crippen molar-refractivity contribution < 1.29 is 0 Å². The quantitative estimate of drug-likeness (QED) is 0.739. The summed E-state index contributed by atoms with van der Waals surface area (Å²) in [5.41, 5.74) is 1.15. The van der Waals surface area contributed by atoms with Crippen LogP contribution in [0.15, 0.2) is 0 Å². The van der Waals surface area contributed by atoms with Gasteiger partial charge in [0.1, 0.15) is 0 Å². The molecule has 0 aromatic carbocycles. The fourth-order valence-corrected chi connectivity index (χ4v) is 2.41. The Kier molecular flexibility index (Phi) is 5.87. The maximum absolute atomic E-state index is 4.19. The number of aromatic nitrogens is 2. The lowest BCUT2D eigenvalue weighted by Crippen LogP contribution is -2.28. The highest BCUT2D eigenvalue weighted by molar-refractivity contribution is 7.05. The molecule has 0 aliphatic heterocycles. The molecule has 0 aliphatic carbocycles. The van der Waals surface area contributed by atoms with Gasteiger partial charge in [0.15, 0.2) is 0 Å². The monoisotopic (exact) mass is 242 g/mol. The standard InChI is InChI=1S/C11H22N4S/c1-5-12-6-7-15(4)8-10-11(9(2)3)13-14-16-10/h9,12H,5-8H2,1-4H3. The lowest BCUT2D eigenvalue weighted by Gasteiger charge is -2.16. The fourth-order valence-electron chi connectivity index (χ4n) is 1.53. The third-order valence-corrected chi connectivity index (χ3v) is 3.19. The first kappa shape index (κ1) is 13.5. The van der Waals surface area contributed by atoms with Crippen LogP contribution < -0.4 is 5.32 Å². The largest absolute Gasteiger partial charge is 0.316 e. The molecule has 0 spiro atoms. The van der Waals surface area contributed by atoms with Crippen LogP contribution in [0.5, 0.6) is 0 Å². The van der Waals surface area contributed by atoms with E-state index in [1.807, 2.05) is 0 Å². The molecule has 0 saturated heterocycles. The Balaban J connectivity index is 2.43. The van der Waals surface area contributed by atoms with Crippen LogP contribution in [0.3, 0.4) is 0 Å². The zero-order valence-corrected chi connectivity index (χ0v) is 11.5. The van der Waals surface area contributed by atoms with E-state index in [9.17, 15) is 0 Å². The van der Waals surface area contributed by atoms with Gasteiger partial charge in [-0.25, -0.2) is 0 Å². The van der Waals surface area contributed by atoms with Crippen molar-refractivity contribution in [2.75, 3.05) is 26.7 Å². The van der Waals surface area contributed by atoms with Gasteiger partial charge in [-0.15, -0.1) is 5.10 Å². The Morgan fingerprint density at radius 3 is 2.81 bits per heavy atom. The first-order chi connectivity index (χ1) is 7.65. The van der Waals surface area contributed by atoms with Crippen LogP contribution in [0, 0.1) is 0 Å². The van der Waals surface area contributed by atoms with E-state index in [1.54, 1.807) is 0 Å². The van der Waals surface area contributed by atoms with Gasteiger partial charge in [0.2, 0.25) is 0 Å². The van der Waals surface area contributed by atoms with E-state index in [4.69, 9.17) is 0 Å². The summed E-state index contributed by atoms with van der Waals surface area (Å²) < 4.78 is 4.04. The molecule has 0 amide bonds. The topological polar surface area (TPSA) is 41.0 Å². The third kappa shape index (κ3) is 4.15. The Bertz CT molecular complexity index is 298. The van der Waals surface area contributed by atoms with Crippen molar-refractivity contribution in [1.29, 1.82) is 0 Å². The summed E-state index contributed by atoms with van der Waals surface area (Å²) in [5.74, 6) is 0.468. The third-order valence-electron chi connectivity index (χ3n) is 2.47. The van der Waals surface area contributed by atoms with Crippen LogP contribution in [0.1, 0.15) is 37.3 Å². The summed E-state index contributed by atoms with van der Waals surface area (Å²) in [7, 11) is 2.14. The van der Waals surface area contributed by atoms with E-state index in [0.29, 0.717) is 5.92 Å². The summed E-state index contributed by atoms with van der Waals surface area (Å²) in [6.07, 6.45) is 0. The van der Waals surface area contributed by atoms with Crippen LogP contribution in [0.4, 0.5) is 0 Å². The van der Waals surface area contributed by atoms with Crippen LogP contribution in [0.2, 0.25) is 0 Å². The molecule has 0 unspecified atom stereocenters. The first-order valence-corrected chi connectivity index (χ1v) is 6.62. The molecule has 0 aliphatic rings. The molecule has 4 nitrogen and oxygen atoms in total. The normalized spacial score (nSPS) is 11.6. The maximum atomic E-state index is 4.19. The van der Waals surface area contributed by atoms with Crippen molar-refractivity contribution >= 4 is 11.5 Å². The molecule has 0 radical (unpaired) electrons. The average Bonchev–Trinajstić information content (AvgIpc) is 2.66. The first-order valence-electron chi connectivity index (χ1n) is 5.85. The molecular weight excluding hydrogens is 220 g/mol. The Morgan fingerprint density at radius 1 is 1.44 bits per heavy atom. The van der Waals surface area contributed by atoms with Crippen molar-refractivity contribution in [3.05, 3.63) is 10.6 Å². The minimum absolute atomic E-state index is 0.468. The van der Waals surface area contributed by atoms with Gasteiger partial charge in [-0.3, -0.25) is 4.90 Å². The minimum Gasteiger partial charge on any atom is -0.316 e. The molecule has 16 heavy (non-hydrogen) atoms. The molecule has 1 N–H and O–H groups in total. The average molecular weight is 242 g/mol.